The molecule has 0 spiro atoms. The number of guanidine groups is 1. The van der Waals surface area contributed by atoms with E-state index < -0.39 is 24.2 Å². The number of amides is 2. The van der Waals surface area contributed by atoms with Gasteiger partial charge in [0.1, 0.15) is 6.04 Å². The zero-order valence-corrected chi connectivity index (χ0v) is 21.0. The Balaban J connectivity index is 1.47. The number of alkyl carbamates (subject to hydrolysis) is 1. The molecule has 0 aliphatic carbocycles. The number of carboxylic acid groups (broad SMARTS) is 1. The summed E-state index contributed by atoms with van der Waals surface area (Å²) in [5.41, 5.74) is 1.48. The van der Waals surface area contributed by atoms with Gasteiger partial charge in [-0.2, -0.15) is 8.78 Å². The zero-order chi connectivity index (χ0) is 27.0. The van der Waals surface area contributed by atoms with Gasteiger partial charge in [-0.05, 0) is 30.5 Å². The molecule has 11 nitrogen and oxygen atoms in total. The Morgan fingerprint density at radius 3 is 2.59 bits per heavy atom. The van der Waals surface area contributed by atoms with Crippen LogP contribution in [0.4, 0.5) is 25.0 Å². The molecule has 0 radical (unpaired) electrons. The van der Waals surface area contributed by atoms with Gasteiger partial charge in [0.05, 0.1) is 19.6 Å². The molecule has 2 aliphatic heterocycles. The molecule has 204 valence electrons. The van der Waals surface area contributed by atoms with E-state index in [4.69, 9.17) is 4.74 Å². The number of hydrogen-bond donors (Lipinski definition) is 4. The summed E-state index contributed by atoms with van der Waals surface area (Å²) in [5.74, 6) is -1.29. The van der Waals surface area contributed by atoms with Crippen molar-refractivity contribution in [3.63, 3.8) is 0 Å². The molecule has 1 aromatic rings. The van der Waals surface area contributed by atoms with E-state index in [1.54, 1.807) is 11.0 Å². The van der Waals surface area contributed by atoms with Crippen molar-refractivity contribution >= 4 is 35.3 Å². The molecule has 2 heterocycles. The van der Waals surface area contributed by atoms with Crippen molar-refractivity contribution in [2.45, 2.75) is 45.2 Å². The molecule has 13 heteroatoms. The minimum atomic E-state index is -3.00. The van der Waals surface area contributed by atoms with Crippen LogP contribution < -0.4 is 20.9 Å². The Labute approximate surface area is 214 Å². The molecule has 37 heavy (non-hydrogen) atoms. The Hall–Kier alpha value is -3.64. The fourth-order valence-electron chi connectivity index (χ4n) is 3.89. The molecule has 3 rings (SSSR count). The zero-order valence-electron chi connectivity index (χ0n) is 21.0. The molecular formula is C24H34F2N6O5. The van der Waals surface area contributed by atoms with E-state index in [1.165, 1.54) is 0 Å². The lowest BCUT2D eigenvalue weighted by Gasteiger charge is -2.36. The van der Waals surface area contributed by atoms with Crippen molar-refractivity contribution in [3.8, 4) is 0 Å². The Kier molecular flexibility index (Phi) is 9.48. The molecule has 1 aromatic carbocycles. The van der Waals surface area contributed by atoms with Gasteiger partial charge in [-0.1, -0.05) is 19.9 Å². The second-order valence-corrected chi connectivity index (χ2v) is 9.42. The number of alkyl halides is 2. The second kappa shape index (κ2) is 12.5. The Morgan fingerprint density at radius 2 is 1.95 bits per heavy atom. The highest BCUT2D eigenvalue weighted by atomic mass is 19.3. The number of rotatable bonds is 9. The Morgan fingerprint density at radius 1 is 1.22 bits per heavy atom. The number of aliphatic carboxylic acids is 1. The van der Waals surface area contributed by atoms with Crippen LogP contribution in [0.25, 0.3) is 0 Å². The lowest BCUT2D eigenvalue weighted by molar-refractivity contribution is -0.140. The average Bonchev–Trinajstić information content (AvgIpc) is 2.84. The topological polar surface area (TPSA) is 136 Å². The smallest absolute Gasteiger partial charge is 0.407 e. The van der Waals surface area contributed by atoms with Crippen LogP contribution in [0.15, 0.2) is 29.3 Å². The van der Waals surface area contributed by atoms with Gasteiger partial charge in [0.15, 0.2) is 5.96 Å². The summed E-state index contributed by atoms with van der Waals surface area (Å²) in [6.45, 7) is 5.91. The van der Waals surface area contributed by atoms with E-state index in [2.05, 4.69) is 25.8 Å². The Bertz CT molecular complexity index is 998. The fraction of sp³-hybridized carbons (Fsp3) is 0.583. The first-order chi connectivity index (χ1) is 17.5. The van der Waals surface area contributed by atoms with E-state index in [0.717, 1.165) is 5.69 Å². The number of anilines is 2. The molecule has 1 unspecified atom stereocenters. The number of carboxylic acids is 1. The molecule has 0 aromatic heterocycles. The number of carbonyl (C=O) groups is 3. The molecule has 1 fully saturated rings. The highest BCUT2D eigenvalue weighted by Gasteiger charge is 2.32. The number of benzene rings is 1. The average molecular weight is 525 g/mol. The van der Waals surface area contributed by atoms with Crippen molar-refractivity contribution in [1.29, 1.82) is 0 Å². The summed E-state index contributed by atoms with van der Waals surface area (Å²) in [6, 6.07) is 3.07. The van der Waals surface area contributed by atoms with Crippen molar-refractivity contribution in [2.24, 2.45) is 10.9 Å². The van der Waals surface area contributed by atoms with Crippen LogP contribution in [0.1, 0.15) is 33.1 Å². The molecule has 1 atom stereocenters. The number of nitrogens with zero attached hydrogens (tertiary/aromatic N) is 3. The number of hydrogen-bond acceptors (Lipinski definition) is 8. The predicted octanol–water partition coefficient (Wildman–Crippen LogP) is 2.30. The van der Waals surface area contributed by atoms with Crippen LogP contribution in [0.2, 0.25) is 0 Å². The van der Waals surface area contributed by atoms with Crippen molar-refractivity contribution in [1.82, 2.24) is 15.5 Å². The second-order valence-electron chi connectivity index (χ2n) is 9.42. The highest BCUT2D eigenvalue weighted by Crippen LogP contribution is 2.23. The van der Waals surface area contributed by atoms with E-state index in [-0.39, 0.29) is 50.2 Å². The predicted molar refractivity (Wildman–Crippen MR) is 134 cm³/mol. The van der Waals surface area contributed by atoms with E-state index in [9.17, 15) is 28.3 Å². The quantitative estimate of drug-likeness (QED) is 0.362. The van der Waals surface area contributed by atoms with Crippen LogP contribution in [0, 0.1) is 5.92 Å². The van der Waals surface area contributed by atoms with Gasteiger partial charge < -0.3 is 30.3 Å². The molecule has 2 amide bonds. The molecule has 4 N–H and O–H groups in total. The molecular weight excluding hydrogens is 490 g/mol. The monoisotopic (exact) mass is 524 g/mol. The fourth-order valence-corrected chi connectivity index (χ4v) is 3.89. The van der Waals surface area contributed by atoms with Crippen LogP contribution in [0.5, 0.6) is 0 Å². The number of ether oxygens (including phenoxy) is 1. The van der Waals surface area contributed by atoms with Gasteiger partial charge >= 0.3 is 18.1 Å². The van der Waals surface area contributed by atoms with Gasteiger partial charge in [0, 0.05) is 44.0 Å². The third-order valence-electron chi connectivity index (χ3n) is 5.89. The maximum Gasteiger partial charge on any atom is 0.407 e. The minimum absolute atomic E-state index is 0.0196. The van der Waals surface area contributed by atoms with Gasteiger partial charge in [0.2, 0.25) is 5.91 Å². The lowest BCUT2D eigenvalue weighted by atomic mass is 10.1. The van der Waals surface area contributed by atoms with E-state index in [1.807, 2.05) is 32.0 Å². The van der Waals surface area contributed by atoms with Gasteiger partial charge in [0.25, 0.3) is 0 Å². The van der Waals surface area contributed by atoms with Crippen LogP contribution >= 0.6 is 0 Å². The van der Waals surface area contributed by atoms with E-state index >= 15 is 0 Å². The van der Waals surface area contributed by atoms with Crippen molar-refractivity contribution in [3.05, 3.63) is 24.3 Å². The number of carbonyl (C=O) groups excluding carboxylic acids is 2. The third kappa shape index (κ3) is 8.76. The first-order valence-electron chi connectivity index (χ1n) is 12.3. The minimum Gasteiger partial charge on any atom is -0.480 e. The largest absolute Gasteiger partial charge is 0.480 e. The molecule has 2 aliphatic rings. The first kappa shape index (κ1) is 27.9. The summed E-state index contributed by atoms with van der Waals surface area (Å²) < 4.78 is 32.1. The van der Waals surface area contributed by atoms with Crippen molar-refractivity contribution < 1.29 is 33.0 Å². The molecule has 0 saturated carbocycles. The van der Waals surface area contributed by atoms with Crippen molar-refractivity contribution in [2.75, 3.05) is 49.5 Å². The number of halogens is 2. The van der Waals surface area contributed by atoms with Gasteiger partial charge in [-0.25, -0.2) is 9.59 Å². The summed E-state index contributed by atoms with van der Waals surface area (Å²) in [4.78, 5) is 43.8. The van der Waals surface area contributed by atoms with Crippen LogP contribution in [-0.2, 0) is 14.3 Å². The first-order valence-corrected chi connectivity index (χ1v) is 12.3. The summed E-state index contributed by atoms with van der Waals surface area (Å²) in [5, 5.41) is 16.7. The number of piperazine rings is 1. The molecule has 1 saturated heterocycles. The normalized spacial score (nSPS) is 17.9. The van der Waals surface area contributed by atoms with Crippen LogP contribution in [0.3, 0.4) is 0 Å². The lowest BCUT2D eigenvalue weighted by Crippen LogP contribution is -2.49. The van der Waals surface area contributed by atoms with E-state index in [0.29, 0.717) is 31.9 Å². The number of aliphatic imine (C=N–C) groups is 1. The standard InChI is InChI=1S/C24H34F2N6O5/c1-16(2)15-37-23(36)29-19(21(34)35)6-7-20(33)32-12-10-31(11-13-32)18-5-3-4-17(14-18)28-22-27-9-8-24(25,26)30-22/h3-5,14,16,19H,6-13,15H2,1-2H3,(H,29,36)(H,34,35)(H2,27,28,30). The van der Waals surface area contributed by atoms with Crippen LogP contribution in [-0.4, -0.2) is 85.4 Å². The highest BCUT2D eigenvalue weighted by molar-refractivity contribution is 5.94. The van der Waals surface area contributed by atoms with Gasteiger partial charge in [-0.3, -0.25) is 15.1 Å². The molecule has 0 bridgehead atoms. The maximum atomic E-state index is 13.6. The third-order valence-corrected chi connectivity index (χ3v) is 5.89. The number of nitrogens with one attached hydrogen (secondary N) is 3. The SMILES string of the molecule is CC(C)COC(=O)NC(CCC(=O)N1CCN(c2cccc(NC3=NCCC(F)(F)N3)c2)CC1)C(=O)O. The maximum absolute atomic E-state index is 13.6. The summed E-state index contributed by atoms with van der Waals surface area (Å²) in [7, 11) is 0. The summed E-state index contributed by atoms with van der Waals surface area (Å²) in [6.07, 6.45) is -1.24. The summed E-state index contributed by atoms with van der Waals surface area (Å²) >= 11 is 0. The van der Waals surface area contributed by atoms with Gasteiger partial charge in [-0.15, -0.1) is 0 Å².